The van der Waals surface area contributed by atoms with Gasteiger partial charge in [-0.2, -0.15) is 5.26 Å². The summed E-state index contributed by atoms with van der Waals surface area (Å²) in [4.78, 5) is 28.2. The fraction of sp³-hybridized carbons (Fsp3) is 0.250. The summed E-state index contributed by atoms with van der Waals surface area (Å²) in [6.07, 6.45) is 5.57. The van der Waals surface area contributed by atoms with Crippen LogP contribution in [0.15, 0.2) is 36.8 Å². The van der Waals surface area contributed by atoms with Crippen LogP contribution in [0, 0.1) is 11.5 Å². The third-order valence-electron chi connectivity index (χ3n) is 2.83. The average molecular weight is 312 g/mol. The molecule has 7 heteroatoms. The molecule has 0 bridgehead atoms. The van der Waals surface area contributed by atoms with Crippen LogP contribution in [0.25, 0.3) is 11.1 Å². The van der Waals surface area contributed by atoms with Gasteiger partial charge in [0.15, 0.2) is 6.19 Å². The molecule has 23 heavy (non-hydrogen) atoms. The molecule has 118 valence electrons. The number of ether oxygens (including phenoxy) is 1. The summed E-state index contributed by atoms with van der Waals surface area (Å²) in [5, 5.41) is 10.6. The smallest absolute Gasteiger partial charge is 0.419 e. The summed E-state index contributed by atoms with van der Waals surface area (Å²) in [6.45, 7) is 5.19. The van der Waals surface area contributed by atoms with Crippen LogP contribution in [0.5, 0.6) is 0 Å². The number of nitrogens with one attached hydrogen (secondary N) is 1. The van der Waals surface area contributed by atoms with Gasteiger partial charge in [-0.15, -0.1) is 0 Å². The third kappa shape index (κ3) is 3.95. The predicted molar refractivity (Wildman–Crippen MR) is 82.4 cm³/mol. The second-order valence-corrected chi connectivity index (χ2v) is 5.77. The molecule has 0 aromatic carbocycles. The Labute approximate surface area is 133 Å². The highest BCUT2D eigenvalue weighted by molar-refractivity contribution is 5.98. The van der Waals surface area contributed by atoms with E-state index in [1.807, 2.05) is 5.32 Å². The van der Waals surface area contributed by atoms with Gasteiger partial charge in [-0.3, -0.25) is 15.1 Å². The lowest BCUT2D eigenvalue weighted by Gasteiger charge is -2.20. The number of aromatic nitrogens is 2. The molecule has 0 saturated carbocycles. The molecule has 0 fully saturated rings. The van der Waals surface area contributed by atoms with E-state index in [1.54, 1.807) is 51.5 Å². The van der Waals surface area contributed by atoms with Crippen molar-refractivity contribution in [3.63, 3.8) is 0 Å². The van der Waals surface area contributed by atoms with Crippen molar-refractivity contribution in [2.45, 2.75) is 26.4 Å². The van der Waals surface area contributed by atoms with Crippen molar-refractivity contribution in [1.29, 1.82) is 5.26 Å². The molecule has 0 radical (unpaired) electrons. The molecule has 7 nitrogen and oxygen atoms in total. The maximum Gasteiger partial charge on any atom is 0.419 e. The molecule has 0 aliphatic rings. The highest BCUT2D eigenvalue weighted by Crippen LogP contribution is 2.23. The molecule has 1 amide bonds. The summed E-state index contributed by atoms with van der Waals surface area (Å²) in [6, 6.07) is 5.02. The van der Waals surface area contributed by atoms with E-state index < -0.39 is 17.6 Å². The Kier molecular flexibility index (Phi) is 4.46. The molecule has 0 saturated heterocycles. The minimum Gasteiger partial charge on any atom is -0.443 e. The van der Waals surface area contributed by atoms with Crippen LogP contribution in [-0.4, -0.2) is 27.2 Å². The Balaban J connectivity index is 2.47. The van der Waals surface area contributed by atoms with Crippen molar-refractivity contribution >= 4 is 12.0 Å². The number of nitriles is 1. The van der Waals surface area contributed by atoms with Gasteiger partial charge in [0.2, 0.25) is 0 Å². The average Bonchev–Trinajstić information content (AvgIpc) is 2.92. The SMILES string of the molecule is CC(C)(C)OC(=O)n1cc(-c2ccncc2)cc1C(=O)NC#N. The van der Waals surface area contributed by atoms with E-state index in [9.17, 15) is 9.59 Å². The van der Waals surface area contributed by atoms with Gasteiger partial charge in [-0.1, -0.05) is 0 Å². The summed E-state index contributed by atoms with van der Waals surface area (Å²) in [7, 11) is 0. The van der Waals surface area contributed by atoms with Crippen LogP contribution in [0.1, 0.15) is 31.3 Å². The van der Waals surface area contributed by atoms with Gasteiger partial charge in [-0.05, 0) is 44.5 Å². The molecule has 0 unspecified atom stereocenters. The number of pyridine rings is 1. The molecule has 2 aromatic rings. The highest BCUT2D eigenvalue weighted by Gasteiger charge is 2.23. The van der Waals surface area contributed by atoms with Crippen LogP contribution in [0.4, 0.5) is 4.79 Å². The van der Waals surface area contributed by atoms with Crippen LogP contribution in [0.2, 0.25) is 0 Å². The Hall–Kier alpha value is -3.14. The summed E-state index contributed by atoms with van der Waals surface area (Å²) in [5.41, 5.74) is 0.739. The molecule has 2 rings (SSSR count). The zero-order chi connectivity index (χ0) is 17.0. The van der Waals surface area contributed by atoms with Crippen molar-refractivity contribution in [2.75, 3.05) is 0 Å². The lowest BCUT2D eigenvalue weighted by molar-refractivity contribution is 0.0527. The first-order valence-electron chi connectivity index (χ1n) is 6.87. The van der Waals surface area contributed by atoms with Crippen LogP contribution in [-0.2, 0) is 4.74 Å². The second kappa shape index (κ2) is 6.32. The Morgan fingerprint density at radius 3 is 2.48 bits per heavy atom. The number of carbonyl (C=O) groups excluding carboxylic acids is 2. The van der Waals surface area contributed by atoms with Crippen LogP contribution >= 0.6 is 0 Å². The molecule has 0 spiro atoms. The monoisotopic (exact) mass is 312 g/mol. The highest BCUT2D eigenvalue weighted by atomic mass is 16.6. The van der Waals surface area contributed by atoms with Gasteiger partial charge in [0.1, 0.15) is 11.3 Å². The Morgan fingerprint density at radius 1 is 1.26 bits per heavy atom. The first kappa shape index (κ1) is 16.2. The fourth-order valence-electron chi connectivity index (χ4n) is 1.92. The maximum atomic E-state index is 12.3. The molecule has 0 atom stereocenters. The Bertz CT molecular complexity index is 767. The number of rotatable bonds is 2. The van der Waals surface area contributed by atoms with Gasteiger partial charge >= 0.3 is 6.09 Å². The van der Waals surface area contributed by atoms with E-state index >= 15 is 0 Å². The minimum absolute atomic E-state index is 0.0209. The van der Waals surface area contributed by atoms with Gasteiger partial charge in [0.25, 0.3) is 5.91 Å². The van der Waals surface area contributed by atoms with E-state index in [4.69, 9.17) is 10.00 Å². The number of hydrogen-bond donors (Lipinski definition) is 1. The van der Waals surface area contributed by atoms with E-state index in [0.29, 0.717) is 5.56 Å². The summed E-state index contributed by atoms with van der Waals surface area (Å²) in [5.74, 6) is -0.682. The van der Waals surface area contributed by atoms with Crippen LogP contribution in [0.3, 0.4) is 0 Å². The number of amides is 1. The summed E-state index contributed by atoms with van der Waals surface area (Å²) < 4.78 is 6.38. The molecule has 2 heterocycles. The third-order valence-corrected chi connectivity index (χ3v) is 2.83. The Morgan fingerprint density at radius 2 is 1.91 bits per heavy atom. The standard InChI is InChI=1S/C16H16N4O3/c1-16(2,3)23-15(22)20-9-12(11-4-6-18-7-5-11)8-13(20)14(21)19-10-17/h4-9H,1-3H3,(H,19,21). The van der Waals surface area contributed by atoms with E-state index in [0.717, 1.165) is 10.1 Å². The quantitative estimate of drug-likeness (QED) is 0.679. The maximum absolute atomic E-state index is 12.3. The van der Waals surface area contributed by atoms with Gasteiger partial charge < -0.3 is 4.74 Å². The zero-order valence-electron chi connectivity index (χ0n) is 13.0. The van der Waals surface area contributed by atoms with E-state index in [-0.39, 0.29) is 5.69 Å². The van der Waals surface area contributed by atoms with Gasteiger partial charge in [-0.25, -0.2) is 9.36 Å². The van der Waals surface area contributed by atoms with Crippen molar-refractivity contribution < 1.29 is 14.3 Å². The molecule has 0 aliphatic carbocycles. The van der Waals surface area contributed by atoms with Crippen molar-refractivity contribution in [2.24, 2.45) is 0 Å². The number of hydrogen-bond acceptors (Lipinski definition) is 5. The normalized spacial score (nSPS) is 10.7. The summed E-state index contributed by atoms with van der Waals surface area (Å²) >= 11 is 0. The second-order valence-electron chi connectivity index (χ2n) is 5.77. The molecule has 0 aliphatic heterocycles. The van der Waals surface area contributed by atoms with Crippen molar-refractivity contribution in [1.82, 2.24) is 14.9 Å². The first-order chi connectivity index (χ1) is 10.8. The lowest BCUT2D eigenvalue weighted by atomic mass is 10.1. The number of carbonyl (C=O) groups is 2. The molecular weight excluding hydrogens is 296 g/mol. The van der Waals surface area contributed by atoms with Gasteiger partial charge in [0, 0.05) is 24.2 Å². The van der Waals surface area contributed by atoms with Crippen molar-refractivity contribution in [3.05, 3.63) is 42.5 Å². The van der Waals surface area contributed by atoms with E-state index in [2.05, 4.69) is 4.98 Å². The predicted octanol–water partition coefficient (Wildman–Crippen LogP) is 2.54. The van der Waals surface area contributed by atoms with Crippen molar-refractivity contribution in [3.8, 4) is 17.3 Å². The lowest BCUT2D eigenvalue weighted by Crippen LogP contribution is -2.30. The molecule has 1 N–H and O–H groups in total. The molecule has 2 aromatic heterocycles. The minimum atomic E-state index is -0.707. The van der Waals surface area contributed by atoms with E-state index in [1.165, 1.54) is 12.3 Å². The molecular formula is C16H16N4O3. The van der Waals surface area contributed by atoms with Crippen LogP contribution < -0.4 is 5.32 Å². The first-order valence-corrected chi connectivity index (χ1v) is 6.87. The largest absolute Gasteiger partial charge is 0.443 e. The topological polar surface area (TPSA) is 97.0 Å². The number of nitrogens with zero attached hydrogens (tertiary/aromatic N) is 3. The fourth-order valence-corrected chi connectivity index (χ4v) is 1.92. The van der Waals surface area contributed by atoms with Gasteiger partial charge in [0.05, 0.1) is 0 Å². The zero-order valence-corrected chi connectivity index (χ0v) is 13.0.